The molecular weight excluding hydrogens is 1480 g/mol. The molecule has 118 heavy (non-hydrogen) atoms. The first kappa shape index (κ1) is 87.0. The van der Waals surface area contributed by atoms with E-state index in [2.05, 4.69) is 260 Å². The number of imidazole rings is 7. The van der Waals surface area contributed by atoms with E-state index in [0.717, 1.165) is 89.9 Å². The van der Waals surface area contributed by atoms with E-state index in [4.69, 9.17) is 22.9 Å². The van der Waals surface area contributed by atoms with Crippen molar-refractivity contribution in [3.05, 3.63) is 199 Å². The number of carbonyl (C=O) groups excluding carboxylic acids is 1. The molecule has 2 aliphatic rings. The van der Waals surface area contributed by atoms with Crippen LogP contribution in [0.2, 0.25) is 0 Å². The van der Waals surface area contributed by atoms with Gasteiger partial charge in [-0.15, -0.1) is 0 Å². The Morgan fingerprint density at radius 3 is 1.57 bits per heavy atom. The molecule has 0 bridgehead atoms. The lowest BCUT2D eigenvalue weighted by molar-refractivity contribution is 0.0907. The van der Waals surface area contributed by atoms with E-state index in [1.54, 1.807) is 62.2 Å². The Labute approximate surface area is 687 Å². The number of benzene rings is 3. The highest BCUT2D eigenvalue weighted by Crippen LogP contribution is 2.34. The van der Waals surface area contributed by atoms with Crippen LogP contribution in [0, 0.1) is 12.8 Å². The minimum absolute atomic E-state index is 0.00287. The van der Waals surface area contributed by atoms with E-state index >= 15 is 0 Å². The maximum atomic E-state index is 11.3. The number of H-pyrrole nitrogens is 1. The third-order valence-electron chi connectivity index (χ3n) is 19.5. The first-order valence-corrected chi connectivity index (χ1v) is 39.8. The van der Waals surface area contributed by atoms with Crippen molar-refractivity contribution in [3.8, 4) is 0 Å². The summed E-state index contributed by atoms with van der Waals surface area (Å²) in [7, 11) is 3.86. The Bertz CT molecular complexity index is 5820. The topological polar surface area (TPSA) is 390 Å². The summed E-state index contributed by atoms with van der Waals surface area (Å²) in [6, 6.07) is 28.8. The van der Waals surface area contributed by atoms with Gasteiger partial charge < -0.3 is 64.8 Å². The molecule has 13 aromatic heterocycles. The quantitative estimate of drug-likeness (QED) is 0.0794. The summed E-state index contributed by atoms with van der Waals surface area (Å²) < 4.78 is 16.0. The molecule has 618 valence electrons. The van der Waals surface area contributed by atoms with Gasteiger partial charge in [0.25, 0.3) is 11.5 Å². The fourth-order valence-corrected chi connectivity index (χ4v) is 13.1. The number of nitrogens with two attached hydrogens (primary N) is 4. The van der Waals surface area contributed by atoms with Crippen LogP contribution in [0.15, 0.2) is 176 Å². The lowest BCUT2D eigenvalue weighted by Crippen LogP contribution is -2.15. The lowest BCUT2D eigenvalue weighted by Gasteiger charge is -2.11. The Morgan fingerprint density at radius 2 is 0.941 bits per heavy atom. The molecule has 0 saturated carbocycles. The summed E-state index contributed by atoms with van der Waals surface area (Å²) in [5.41, 5.74) is 43.2. The van der Waals surface area contributed by atoms with Gasteiger partial charge in [0.05, 0.1) is 119 Å². The number of hydrogen-bond donors (Lipinski definition) is 5. The third kappa shape index (κ3) is 20.1. The molecule has 1 aliphatic carbocycles. The highest BCUT2D eigenvalue weighted by Gasteiger charge is 2.22. The van der Waals surface area contributed by atoms with Crippen molar-refractivity contribution in [2.45, 2.75) is 193 Å². The predicted molar refractivity (Wildman–Crippen MR) is 478 cm³/mol. The Morgan fingerprint density at radius 1 is 0.432 bits per heavy atom. The van der Waals surface area contributed by atoms with E-state index in [9.17, 15) is 9.59 Å². The van der Waals surface area contributed by atoms with E-state index in [1.165, 1.54) is 33.2 Å². The number of rotatable bonds is 10. The molecule has 0 atom stereocenters. The van der Waals surface area contributed by atoms with Gasteiger partial charge in [-0.1, -0.05) is 64.1 Å². The molecule has 0 fully saturated rings. The van der Waals surface area contributed by atoms with Gasteiger partial charge in [-0.25, -0.2) is 64.8 Å². The number of aryl methyl sites for hydroxylation is 1. The second-order valence-electron chi connectivity index (χ2n) is 31.3. The number of aromatic amines is 1. The van der Waals surface area contributed by atoms with Crippen LogP contribution in [0.25, 0.3) is 83.1 Å². The first-order chi connectivity index (χ1) is 56.3. The van der Waals surface area contributed by atoms with Crippen molar-refractivity contribution < 1.29 is 4.79 Å². The van der Waals surface area contributed by atoms with Crippen LogP contribution in [-0.2, 0) is 6.42 Å². The SMILES string of the molecule is CC(C)C1=CCc2c(N)ncnc21.CC(C)c1cnn2c1N=CCC2=O.CC(C)n1cnc2c(=O)[nH]ccc21.CC(C)n1cnc2c(N)cccc21.CC(C)n1cnc2c(N)ccnc21.CC(C)n1cnc2c(N)nccc21.CC(C)n1cnc2ccccc21.CC(C)n1cnc2cnc(N(C)C)nc21.Cc1cccc2c1ncn2C(C)C. The summed E-state index contributed by atoms with van der Waals surface area (Å²) in [6.45, 7) is 40.2. The minimum atomic E-state index is -0.128. The van der Waals surface area contributed by atoms with Crippen LogP contribution in [0.1, 0.15) is 206 Å². The van der Waals surface area contributed by atoms with Gasteiger partial charge in [-0.2, -0.15) is 14.8 Å². The molecule has 0 amide bonds. The van der Waals surface area contributed by atoms with E-state index in [1.807, 2.05) is 107 Å². The molecular formula is C87H113N29O2. The number of aliphatic imine (C=N–C) groups is 1. The average molecular weight is 1600 g/mol. The number of fused-ring (bicyclic) bond motifs is 9. The van der Waals surface area contributed by atoms with Gasteiger partial charge in [0, 0.05) is 92.3 Å². The number of anilines is 5. The van der Waals surface area contributed by atoms with Crippen molar-refractivity contribution in [1.29, 1.82) is 0 Å². The van der Waals surface area contributed by atoms with Gasteiger partial charge >= 0.3 is 0 Å². The third-order valence-corrected chi connectivity index (χ3v) is 19.5. The van der Waals surface area contributed by atoms with Crippen molar-refractivity contribution >= 4 is 130 Å². The molecule has 14 heterocycles. The largest absolute Gasteiger partial charge is 0.397 e. The normalized spacial score (nSPS) is 12.1. The van der Waals surface area contributed by atoms with E-state index in [-0.39, 0.29) is 11.5 Å². The average Bonchev–Trinajstić information content (AvgIpc) is 1.64. The van der Waals surface area contributed by atoms with Crippen LogP contribution in [0.4, 0.5) is 34.8 Å². The van der Waals surface area contributed by atoms with Crippen molar-refractivity contribution in [1.82, 2.24) is 112 Å². The lowest BCUT2D eigenvalue weighted by atomic mass is 10.0. The molecule has 0 unspecified atom stereocenters. The van der Waals surface area contributed by atoms with Gasteiger partial charge in [0.2, 0.25) is 5.95 Å². The van der Waals surface area contributed by atoms with Crippen LogP contribution in [0.3, 0.4) is 0 Å². The summed E-state index contributed by atoms with van der Waals surface area (Å²) in [5.74, 6) is 3.39. The maximum absolute atomic E-state index is 11.3. The number of hydrogen-bond acceptors (Lipinski definition) is 22. The number of aromatic nitrogens is 23. The molecule has 31 heteroatoms. The zero-order valence-electron chi connectivity index (χ0n) is 71.6. The smallest absolute Gasteiger partial charge is 0.276 e. The highest BCUT2D eigenvalue weighted by atomic mass is 16.2. The zero-order chi connectivity index (χ0) is 85.5. The summed E-state index contributed by atoms with van der Waals surface area (Å²) in [6.07, 6.45) is 27.9. The molecule has 0 spiro atoms. The molecule has 31 nitrogen and oxygen atoms in total. The number of nitrogens with zero attached hydrogens (tertiary/aromatic N) is 24. The number of pyridine rings is 3. The van der Waals surface area contributed by atoms with Crippen molar-refractivity contribution in [2.75, 3.05) is 41.9 Å². The molecule has 16 aromatic rings. The first-order valence-electron chi connectivity index (χ1n) is 39.8. The Hall–Kier alpha value is -13.4. The predicted octanol–water partition coefficient (Wildman–Crippen LogP) is 17.1. The maximum Gasteiger partial charge on any atom is 0.276 e. The molecule has 9 N–H and O–H groups in total. The number of allylic oxidation sites excluding steroid dienone is 2. The second-order valence-corrected chi connectivity index (χ2v) is 31.3. The molecule has 18 rings (SSSR count). The van der Waals surface area contributed by atoms with Crippen molar-refractivity contribution in [2.24, 2.45) is 10.9 Å². The summed E-state index contributed by atoms with van der Waals surface area (Å²) in [5, 5.41) is 4.01. The number of nitrogen functional groups attached to an aromatic ring is 4. The highest BCUT2D eigenvalue weighted by molar-refractivity contribution is 5.96. The number of para-hydroxylation sites is 4. The minimum Gasteiger partial charge on any atom is -0.397 e. The van der Waals surface area contributed by atoms with Gasteiger partial charge in [-0.05, 0) is 182 Å². The standard InChI is InChI=1S/C11H14N2.C10H15N5.2C10H13N3.C10H12N2.2C9H12N4.2C9H11N3O/c1-8(2)13-7-12-11-9(3)5-4-6-10(11)13;1-7(2)15-6-12-8-5-11-10(14(3)4)13-9(8)15;1-6(2)7-3-4-8-9(7)12-5-13-10(8)11;1-7(2)13-6-12-10-8(11)4-3-5-9(10)13;1-8(2)12-7-11-9-5-3-4-6-10(9)12;1-6(2)13-5-12-8-7(13)3-4-11-9(8)10;1-6(2)13-5-12-8-7(10)3-4-11-9(8)13;1-6(2)7-5-11-12-8(13)3-4-10-9(7)12;1-6(2)12-5-11-8-7(12)3-4-10-9(8)13/h4-8H,1-3H3;5-7H,1-4H3;3,5-6H,4H2,1-2H3,(H2,11,12,13);3-7H,11H2,1-2H3;3-8H,1-2H3;2*3-6H,1-2H3,(H2,10,11);4-6H,3H2,1-2H3;3-6H,1-2H3,(H,10,13). The van der Waals surface area contributed by atoms with Gasteiger partial charge in [-0.3, -0.25) is 9.59 Å². The van der Waals surface area contributed by atoms with Crippen LogP contribution in [-0.4, -0.2) is 138 Å². The summed E-state index contributed by atoms with van der Waals surface area (Å²) >= 11 is 0. The van der Waals surface area contributed by atoms with Gasteiger partial charge in [0.1, 0.15) is 34.2 Å². The second kappa shape index (κ2) is 38.9. The Balaban J connectivity index is 0.000000140. The number of nitrogens with one attached hydrogen (secondary N) is 1. The fourth-order valence-electron chi connectivity index (χ4n) is 13.1. The zero-order valence-corrected chi connectivity index (χ0v) is 71.6. The number of carbonyl (C=O) groups is 1. The van der Waals surface area contributed by atoms with Crippen LogP contribution >= 0.6 is 0 Å². The van der Waals surface area contributed by atoms with E-state index in [0.29, 0.717) is 95.2 Å². The van der Waals surface area contributed by atoms with Crippen LogP contribution < -0.4 is 33.4 Å². The van der Waals surface area contributed by atoms with Crippen LogP contribution in [0.5, 0.6) is 0 Å². The Kier molecular flexibility index (Phi) is 28.7. The monoisotopic (exact) mass is 1600 g/mol. The van der Waals surface area contributed by atoms with Gasteiger partial charge in [0.15, 0.2) is 28.4 Å². The van der Waals surface area contributed by atoms with E-state index < -0.39 is 0 Å². The molecule has 0 saturated heterocycles. The molecule has 1 aliphatic heterocycles. The summed E-state index contributed by atoms with van der Waals surface area (Å²) in [4.78, 5) is 86.2. The molecule has 0 radical (unpaired) electrons. The fraction of sp³-hybridized carbons (Fsp3) is 0.368. The molecule has 3 aromatic carbocycles. The van der Waals surface area contributed by atoms with Crippen molar-refractivity contribution in [3.63, 3.8) is 0 Å².